The number of amides is 1. The van der Waals surface area contributed by atoms with Crippen molar-refractivity contribution in [3.8, 4) is 0 Å². The molecule has 0 aromatic heterocycles. The maximum Gasteiger partial charge on any atom is 0.433 e. The van der Waals surface area contributed by atoms with Gasteiger partial charge >= 0.3 is 6.09 Å². The predicted molar refractivity (Wildman–Crippen MR) is 60.3 cm³/mol. The Balaban J connectivity index is 2.89. The molecular formula is C12H14FNO2. The zero-order valence-corrected chi connectivity index (χ0v) is 9.37. The van der Waals surface area contributed by atoms with Gasteiger partial charge in [-0.05, 0) is 31.0 Å². The van der Waals surface area contributed by atoms with Crippen LogP contribution in [0, 0.1) is 5.82 Å². The molecule has 16 heavy (non-hydrogen) atoms. The van der Waals surface area contributed by atoms with E-state index in [9.17, 15) is 9.18 Å². The van der Waals surface area contributed by atoms with Gasteiger partial charge in [-0.25, -0.2) is 9.18 Å². The van der Waals surface area contributed by atoms with Crippen molar-refractivity contribution >= 4 is 11.8 Å². The number of benzene rings is 1. The zero-order valence-electron chi connectivity index (χ0n) is 9.37. The van der Waals surface area contributed by atoms with Crippen LogP contribution < -0.4 is 0 Å². The number of rotatable bonds is 3. The lowest BCUT2D eigenvalue weighted by Gasteiger charge is -2.03. The van der Waals surface area contributed by atoms with Crippen molar-refractivity contribution in [1.29, 1.82) is 0 Å². The quantitative estimate of drug-likeness (QED) is 0.738. The summed E-state index contributed by atoms with van der Waals surface area (Å²) in [5.41, 5.74) is 1.33. The van der Waals surface area contributed by atoms with Gasteiger partial charge in [0.25, 0.3) is 0 Å². The molecular weight excluding hydrogens is 209 g/mol. The third-order valence-electron chi connectivity index (χ3n) is 2.01. The predicted octanol–water partition coefficient (Wildman–Crippen LogP) is 3.18. The van der Waals surface area contributed by atoms with E-state index < -0.39 is 6.09 Å². The summed E-state index contributed by atoms with van der Waals surface area (Å²) in [7, 11) is 0. The fourth-order valence-electron chi connectivity index (χ4n) is 1.26. The number of ether oxygens (including phenoxy) is 1. The van der Waals surface area contributed by atoms with Crippen LogP contribution in [0.1, 0.15) is 25.8 Å². The van der Waals surface area contributed by atoms with Crippen LogP contribution in [0.3, 0.4) is 0 Å². The average molecular weight is 223 g/mol. The second-order valence-electron chi connectivity index (χ2n) is 3.12. The van der Waals surface area contributed by atoms with Crippen molar-refractivity contribution in [3.63, 3.8) is 0 Å². The smallest absolute Gasteiger partial charge is 0.433 e. The third-order valence-corrected chi connectivity index (χ3v) is 2.01. The minimum atomic E-state index is -0.608. The summed E-state index contributed by atoms with van der Waals surface area (Å²) in [5.74, 6) is -0.310. The molecule has 0 heterocycles. The highest BCUT2D eigenvalue weighted by molar-refractivity contribution is 6.05. The Morgan fingerprint density at radius 3 is 2.44 bits per heavy atom. The van der Waals surface area contributed by atoms with Crippen LogP contribution in [0.25, 0.3) is 0 Å². The van der Waals surface area contributed by atoms with E-state index >= 15 is 0 Å². The fraction of sp³-hybridized carbons (Fsp3) is 0.333. The number of hydrogen-bond donors (Lipinski definition) is 0. The first-order valence-corrected chi connectivity index (χ1v) is 5.17. The minimum absolute atomic E-state index is 0.294. The highest BCUT2D eigenvalue weighted by Gasteiger charge is 2.05. The number of carbonyl (C=O) groups is 1. The molecule has 1 aromatic carbocycles. The zero-order chi connectivity index (χ0) is 12.0. The lowest BCUT2D eigenvalue weighted by Crippen LogP contribution is -2.06. The van der Waals surface area contributed by atoms with Crippen molar-refractivity contribution in [3.05, 3.63) is 35.6 Å². The van der Waals surface area contributed by atoms with E-state index in [0.29, 0.717) is 18.7 Å². The molecule has 1 aromatic rings. The van der Waals surface area contributed by atoms with Gasteiger partial charge in [0.2, 0.25) is 0 Å². The molecule has 0 atom stereocenters. The van der Waals surface area contributed by atoms with Crippen molar-refractivity contribution in [2.45, 2.75) is 20.3 Å². The standard InChI is InChI=1S/C12H14FNO2/c1-3-11(14-12(15)16-4-2)9-5-7-10(13)8-6-9/h5-8H,3-4H2,1-2H3. The van der Waals surface area contributed by atoms with Crippen molar-refractivity contribution in [2.75, 3.05) is 6.61 Å². The molecule has 0 saturated heterocycles. The van der Waals surface area contributed by atoms with Gasteiger partial charge < -0.3 is 4.74 Å². The Morgan fingerprint density at radius 1 is 1.31 bits per heavy atom. The second kappa shape index (κ2) is 6.00. The highest BCUT2D eigenvalue weighted by atomic mass is 19.1. The molecule has 3 nitrogen and oxygen atoms in total. The normalized spacial score (nSPS) is 11.3. The molecule has 0 spiro atoms. The summed E-state index contributed by atoms with van der Waals surface area (Å²) >= 11 is 0. The first-order chi connectivity index (χ1) is 7.67. The Labute approximate surface area is 94.0 Å². The molecule has 86 valence electrons. The van der Waals surface area contributed by atoms with Gasteiger partial charge in [-0.1, -0.05) is 19.1 Å². The van der Waals surface area contributed by atoms with Gasteiger partial charge in [-0.2, -0.15) is 4.99 Å². The maximum absolute atomic E-state index is 12.7. The van der Waals surface area contributed by atoms with Crippen LogP contribution >= 0.6 is 0 Å². The van der Waals surface area contributed by atoms with Crippen molar-refractivity contribution < 1.29 is 13.9 Å². The summed E-state index contributed by atoms with van der Waals surface area (Å²) in [6, 6.07) is 5.87. The van der Waals surface area contributed by atoms with Crippen LogP contribution in [0.4, 0.5) is 9.18 Å². The number of hydrogen-bond acceptors (Lipinski definition) is 2. The summed E-state index contributed by atoms with van der Waals surface area (Å²) in [4.78, 5) is 15.0. The Kier molecular flexibility index (Phi) is 4.64. The van der Waals surface area contributed by atoms with Gasteiger partial charge in [0, 0.05) is 0 Å². The van der Waals surface area contributed by atoms with E-state index in [0.717, 1.165) is 5.56 Å². The SMILES string of the molecule is CCOC(=O)N=C(CC)c1ccc(F)cc1. The van der Waals surface area contributed by atoms with Gasteiger partial charge in [0.15, 0.2) is 0 Å². The first kappa shape index (κ1) is 12.4. The molecule has 0 aliphatic heterocycles. The molecule has 0 aliphatic rings. The van der Waals surface area contributed by atoms with Crippen LogP contribution in [0.15, 0.2) is 29.3 Å². The Bertz CT molecular complexity index is 385. The number of nitrogens with zero attached hydrogens (tertiary/aromatic N) is 1. The summed E-state index contributed by atoms with van der Waals surface area (Å²) < 4.78 is 17.4. The third kappa shape index (κ3) is 3.46. The molecule has 1 rings (SSSR count). The first-order valence-electron chi connectivity index (χ1n) is 5.17. The van der Waals surface area contributed by atoms with Crippen LogP contribution in [0.5, 0.6) is 0 Å². The number of aliphatic imine (C=N–C) groups is 1. The Morgan fingerprint density at radius 2 is 1.94 bits per heavy atom. The van der Waals surface area contributed by atoms with E-state index in [-0.39, 0.29) is 5.82 Å². The fourth-order valence-corrected chi connectivity index (χ4v) is 1.26. The molecule has 0 radical (unpaired) electrons. The molecule has 1 amide bonds. The summed E-state index contributed by atoms with van der Waals surface area (Å²) in [5, 5.41) is 0. The molecule has 0 unspecified atom stereocenters. The molecule has 4 heteroatoms. The topological polar surface area (TPSA) is 38.7 Å². The molecule has 0 aliphatic carbocycles. The van der Waals surface area contributed by atoms with Crippen LogP contribution in [0.2, 0.25) is 0 Å². The summed E-state index contributed by atoms with van der Waals surface area (Å²) in [6.07, 6.45) is -0.0200. The van der Waals surface area contributed by atoms with Crippen LogP contribution in [-0.2, 0) is 4.74 Å². The van der Waals surface area contributed by atoms with E-state index in [1.807, 2.05) is 6.92 Å². The van der Waals surface area contributed by atoms with Gasteiger partial charge in [-0.3, -0.25) is 0 Å². The number of halogens is 1. The lowest BCUT2D eigenvalue weighted by molar-refractivity contribution is 0.163. The average Bonchev–Trinajstić information content (AvgIpc) is 2.27. The maximum atomic E-state index is 12.7. The molecule has 0 fully saturated rings. The van der Waals surface area contributed by atoms with E-state index in [4.69, 9.17) is 4.74 Å². The second-order valence-corrected chi connectivity index (χ2v) is 3.12. The minimum Gasteiger partial charge on any atom is -0.448 e. The van der Waals surface area contributed by atoms with E-state index in [1.165, 1.54) is 12.1 Å². The molecule has 0 saturated carbocycles. The lowest BCUT2D eigenvalue weighted by atomic mass is 10.1. The summed E-state index contributed by atoms with van der Waals surface area (Å²) in [6.45, 7) is 3.89. The van der Waals surface area contributed by atoms with Crippen molar-refractivity contribution in [1.82, 2.24) is 0 Å². The van der Waals surface area contributed by atoms with Gasteiger partial charge in [0.1, 0.15) is 5.82 Å². The Hall–Kier alpha value is -1.71. The van der Waals surface area contributed by atoms with E-state index in [1.54, 1.807) is 19.1 Å². The molecule has 0 N–H and O–H groups in total. The van der Waals surface area contributed by atoms with E-state index in [2.05, 4.69) is 4.99 Å². The monoisotopic (exact) mass is 223 g/mol. The van der Waals surface area contributed by atoms with Gasteiger partial charge in [-0.15, -0.1) is 0 Å². The molecule has 0 bridgehead atoms. The highest BCUT2D eigenvalue weighted by Crippen LogP contribution is 2.07. The number of carbonyl (C=O) groups excluding carboxylic acids is 1. The van der Waals surface area contributed by atoms with Crippen molar-refractivity contribution in [2.24, 2.45) is 4.99 Å². The largest absolute Gasteiger partial charge is 0.448 e. The van der Waals surface area contributed by atoms with Gasteiger partial charge in [0.05, 0.1) is 12.3 Å². The van der Waals surface area contributed by atoms with Crippen LogP contribution in [-0.4, -0.2) is 18.4 Å².